The van der Waals surface area contributed by atoms with Crippen molar-refractivity contribution < 1.29 is 18.7 Å². The molecule has 1 N–H and O–H groups in total. The number of para-hydroxylation sites is 1. The molecule has 4 rings (SSSR count). The molecule has 2 fully saturated rings. The van der Waals surface area contributed by atoms with Crippen molar-refractivity contribution in [1.29, 1.82) is 0 Å². The van der Waals surface area contributed by atoms with Gasteiger partial charge in [0.2, 0.25) is 5.91 Å². The Balaban J connectivity index is 1.67. The van der Waals surface area contributed by atoms with Gasteiger partial charge in [0, 0.05) is 37.5 Å². The molecule has 2 aliphatic heterocycles. The van der Waals surface area contributed by atoms with Crippen molar-refractivity contribution in [3.8, 4) is 5.75 Å². The van der Waals surface area contributed by atoms with Crippen LogP contribution in [0.25, 0.3) is 0 Å². The Hall–Kier alpha value is -2.44. The van der Waals surface area contributed by atoms with Crippen LogP contribution in [-0.4, -0.2) is 49.8 Å². The van der Waals surface area contributed by atoms with E-state index in [-0.39, 0.29) is 17.6 Å². The van der Waals surface area contributed by atoms with E-state index in [2.05, 4.69) is 16.3 Å². The summed E-state index contributed by atoms with van der Waals surface area (Å²) in [6.45, 7) is 4.88. The van der Waals surface area contributed by atoms with E-state index in [4.69, 9.17) is 9.47 Å². The molecule has 2 aliphatic rings. The summed E-state index contributed by atoms with van der Waals surface area (Å²) in [6.07, 6.45) is 0.351. The third kappa shape index (κ3) is 4.00. The number of carbonyl (C=O) groups is 1. The number of halogens is 1. The van der Waals surface area contributed by atoms with Gasteiger partial charge in [-0.25, -0.2) is 4.39 Å². The zero-order chi connectivity index (χ0) is 20.4. The second kappa shape index (κ2) is 8.13. The minimum atomic E-state index is -0.571. The fraction of sp³-hybridized carbons (Fsp3) is 0.435. The van der Waals surface area contributed by atoms with Crippen LogP contribution in [0.2, 0.25) is 0 Å². The Labute approximate surface area is 170 Å². The van der Waals surface area contributed by atoms with Gasteiger partial charge in [-0.1, -0.05) is 30.3 Å². The molecule has 2 atom stereocenters. The number of benzene rings is 2. The second-order valence-electron chi connectivity index (χ2n) is 8.05. The second-order valence-corrected chi connectivity index (χ2v) is 8.05. The van der Waals surface area contributed by atoms with Crippen molar-refractivity contribution in [3.63, 3.8) is 0 Å². The molecule has 0 saturated carbocycles. The standard InChI is InChI=1S/C23H27FN2O3/c1-16-5-3-7-18(22(16)28-2)12-26-13-20(17-6-4-8-19(24)11-17)23(14-26)15-29-10-9-21(27)25-23/h3-8,11,20H,9-10,12-15H2,1-2H3,(H,25,27)/t20-,23-/m0/s1. The lowest BCUT2D eigenvalue weighted by molar-refractivity contribution is -0.122. The van der Waals surface area contributed by atoms with E-state index < -0.39 is 5.54 Å². The molecule has 154 valence electrons. The van der Waals surface area contributed by atoms with Gasteiger partial charge in [0.05, 0.1) is 25.9 Å². The number of amides is 1. The lowest BCUT2D eigenvalue weighted by atomic mass is 9.82. The number of aryl methyl sites for hydroxylation is 1. The summed E-state index contributed by atoms with van der Waals surface area (Å²) in [5, 5.41) is 3.22. The third-order valence-corrected chi connectivity index (χ3v) is 5.98. The Morgan fingerprint density at radius 3 is 2.93 bits per heavy atom. The van der Waals surface area contributed by atoms with Crippen molar-refractivity contribution >= 4 is 5.91 Å². The van der Waals surface area contributed by atoms with E-state index in [1.54, 1.807) is 19.2 Å². The predicted molar refractivity (Wildman–Crippen MR) is 108 cm³/mol. The summed E-state index contributed by atoms with van der Waals surface area (Å²) in [4.78, 5) is 14.7. The molecule has 1 amide bonds. The van der Waals surface area contributed by atoms with Crippen LogP contribution in [-0.2, 0) is 16.1 Å². The SMILES string of the molecule is COc1c(C)cccc1CN1C[C@@H](c2cccc(F)c2)[C@@]2(COCCC(=O)N2)C1. The van der Waals surface area contributed by atoms with E-state index in [1.165, 1.54) is 6.07 Å². The topological polar surface area (TPSA) is 50.8 Å². The van der Waals surface area contributed by atoms with Crippen LogP contribution in [0.3, 0.4) is 0 Å². The van der Waals surface area contributed by atoms with E-state index >= 15 is 0 Å². The van der Waals surface area contributed by atoms with Crippen LogP contribution < -0.4 is 10.1 Å². The first-order chi connectivity index (χ1) is 14.0. The number of hydrogen-bond donors (Lipinski definition) is 1. The van der Waals surface area contributed by atoms with Crippen molar-refractivity contribution in [2.45, 2.75) is 31.3 Å². The number of rotatable bonds is 4. The summed E-state index contributed by atoms with van der Waals surface area (Å²) >= 11 is 0. The number of methoxy groups -OCH3 is 1. The minimum Gasteiger partial charge on any atom is -0.496 e. The van der Waals surface area contributed by atoms with Crippen LogP contribution in [0.4, 0.5) is 4.39 Å². The highest BCUT2D eigenvalue weighted by Crippen LogP contribution is 2.39. The molecule has 0 radical (unpaired) electrons. The van der Waals surface area contributed by atoms with Gasteiger partial charge in [-0.3, -0.25) is 9.69 Å². The molecule has 0 aliphatic carbocycles. The molecule has 0 aromatic heterocycles. The highest BCUT2D eigenvalue weighted by molar-refractivity contribution is 5.77. The van der Waals surface area contributed by atoms with E-state index in [0.717, 1.165) is 22.4 Å². The van der Waals surface area contributed by atoms with Crippen LogP contribution in [0.1, 0.15) is 29.0 Å². The normalized spacial score (nSPS) is 25.1. The molecular formula is C23H27FN2O3. The van der Waals surface area contributed by atoms with Crippen LogP contribution in [0.15, 0.2) is 42.5 Å². The van der Waals surface area contributed by atoms with Crippen LogP contribution in [0, 0.1) is 12.7 Å². The molecule has 0 bridgehead atoms. The highest BCUT2D eigenvalue weighted by Gasteiger charge is 2.49. The minimum absolute atomic E-state index is 0.0149. The summed E-state index contributed by atoms with van der Waals surface area (Å²) in [6, 6.07) is 12.8. The Morgan fingerprint density at radius 1 is 1.31 bits per heavy atom. The van der Waals surface area contributed by atoms with Gasteiger partial charge in [0.25, 0.3) is 0 Å². The first-order valence-electron chi connectivity index (χ1n) is 10.00. The van der Waals surface area contributed by atoms with E-state index in [9.17, 15) is 9.18 Å². The van der Waals surface area contributed by atoms with Gasteiger partial charge in [-0.2, -0.15) is 0 Å². The average molecular weight is 398 g/mol. The maximum atomic E-state index is 14.0. The van der Waals surface area contributed by atoms with Crippen molar-refractivity contribution in [3.05, 3.63) is 65.0 Å². The smallest absolute Gasteiger partial charge is 0.222 e. The molecule has 5 nitrogen and oxygen atoms in total. The summed E-state index contributed by atoms with van der Waals surface area (Å²) in [5.74, 6) is 0.546. The van der Waals surface area contributed by atoms with Crippen molar-refractivity contribution in [1.82, 2.24) is 10.2 Å². The first-order valence-corrected chi connectivity index (χ1v) is 10.00. The molecule has 2 saturated heterocycles. The monoisotopic (exact) mass is 398 g/mol. The fourth-order valence-corrected chi connectivity index (χ4v) is 4.71. The molecule has 1 spiro atoms. The molecule has 6 heteroatoms. The molecule has 2 aromatic rings. The largest absolute Gasteiger partial charge is 0.496 e. The number of hydrogen-bond acceptors (Lipinski definition) is 4. The van der Waals surface area contributed by atoms with Gasteiger partial charge in [0.1, 0.15) is 11.6 Å². The Morgan fingerprint density at radius 2 is 2.14 bits per heavy atom. The lowest BCUT2D eigenvalue weighted by Gasteiger charge is -2.34. The van der Waals surface area contributed by atoms with Gasteiger partial charge in [-0.15, -0.1) is 0 Å². The van der Waals surface area contributed by atoms with Gasteiger partial charge >= 0.3 is 0 Å². The maximum Gasteiger partial charge on any atom is 0.222 e. The molecule has 2 heterocycles. The fourth-order valence-electron chi connectivity index (χ4n) is 4.71. The average Bonchev–Trinajstić information content (AvgIpc) is 2.91. The quantitative estimate of drug-likeness (QED) is 0.860. The first kappa shape index (κ1) is 19.9. The van der Waals surface area contributed by atoms with Crippen molar-refractivity contribution in [2.75, 3.05) is 33.4 Å². The highest BCUT2D eigenvalue weighted by atomic mass is 19.1. The molecular weight excluding hydrogens is 371 g/mol. The summed E-state index contributed by atoms with van der Waals surface area (Å²) in [5.41, 5.74) is 2.50. The zero-order valence-electron chi connectivity index (χ0n) is 16.9. The van der Waals surface area contributed by atoms with E-state index in [1.807, 2.05) is 25.1 Å². The Kier molecular flexibility index (Phi) is 5.56. The molecule has 29 heavy (non-hydrogen) atoms. The number of nitrogens with one attached hydrogen (secondary N) is 1. The number of carbonyl (C=O) groups excluding carboxylic acids is 1. The predicted octanol–water partition coefficient (Wildman–Crippen LogP) is 3.02. The Bertz CT molecular complexity index is 903. The van der Waals surface area contributed by atoms with Crippen LogP contribution >= 0.6 is 0 Å². The van der Waals surface area contributed by atoms with Gasteiger partial charge in [-0.05, 0) is 30.2 Å². The number of nitrogens with zero attached hydrogens (tertiary/aromatic N) is 1. The third-order valence-electron chi connectivity index (χ3n) is 5.98. The molecule has 2 aromatic carbocycles. The van der Waals surface area contributed by atoms with Gasteiger partial charge < -0.3 is 14.8 Å². The lowest BCUT2D eigenvalue weighted by Crippen LogP contribution is -2.55. The maximum absolute atomic E-state index is 14.0. The van der Waals surface area contributed by atoms with Crippen LogP contribution in [0.5, 0.6) is 5.75 Å². The number of likely N-dealkylation sites (tertiary alicyclic amines) is 1. The van der Waals surface area contributed by atoms with Gasteiger partial charge in [0.15, 0.2) is 0 Å². The molecule has 0 unspecified atom stereocenters. The van der Waals surface area contributed by atoms with E-state index in [0.29, 0.717) is 39.3 Å². The summed E-state index contributed by atoms with van der Waals surface area (Å²) < 4.78 is 25.4. The number of ether oxygens (including phenoxy) is 2. The zero-order valence-corrected chi connectivity index (χ0v) is 16.9. The van der Waals surface area contributed by atoms with Crippen molar-refractivity contribution in [2.24, 2.45) is 0 Å². The summed E-state index contributed by atoms with van der Waals surface area (Å²) in [7, 11) is 1.69.